The number of carbonyl (C=O) groups is 1. The number of nitrogens with one attached hydrogen (secondary N) is 1. The zero-order valence-electron chi connectivity index (χ0n) is 14.0. The molecule has 2 fully saturated rings. The Balaban J connectivity index is 1.66. The Morgan fingerprint density at radius 3 is 2.88 bits per heavy atom. The lowest BCUT2D eigenvalue weighted by Crippen LogP contribution is -2.49. The summed E-state index contributed by atoms with van der Waals surface area (Å²) in [6, 6.07) is 9.55. The summed E-state index contributed by atoms with van der Waals surface area (Å²) >= 11 is 0. The minimum absolute atomic E-state index is 0.366. The van der Waals surface area contributed by atoms with Crippen molar-refractivity contribution in [2.75, 3.05) is 6.61 Å². The monoisotopic (exact) mass is 342 g/mol. The lowest BCUT2D eigenvalue weighted by Gasteiger charge is -2.41. The van der Waals surface area contributed by atoms with Gasteiger partial charge < -0.3 is 19.8 Å². The molecule has 1 aromatic heterocycles. The fraction of sp³-hybridized carbons (Fsp3) is 0.500. The molecule has 7 heteroatoms. The molecule has 0 radical (unpaired) electrons. The molecule has 0 amide bonds. The Kier molecular flexibility index (Phi) is 4.40. The number of imidazole rings is 1. The van der Waals surface area contributed by atoms with Crippen molar-refractivity contribution in [2.45, 2.75) is 50.2 Å². The van der Waals surface area contributed by atoms with Crippen molar-refractivity contribution >= 4 is 23.2 Å². The number of oxime groups is 1. The van der Waals surface area contributed by atoms with Crippen LogP contribution in [0.1, 0.15) is 44.0 Å². The van der Waals surface area contributed by atoms with Gasteiger partial charge in [0, 0.05) is 18.1 Å². The predicted molar refractivity (Wildman–Crippen MR) is 93.7 cm³/mol. The molecule has 2 unspecified atom stereocenters. The van der Waals surface area contributed by atoms with Crippen LogP contribution in [-0.2, 0) is 9.63 Å². The standard InChI is InChI=1S/C18H22N4O3/c23-18(24)11-25-19-10-17-21-15-6-1-2-7-16(15)22(17)14-8-12-4-3-5-13(9-14)20-12/h1-2,6-7,10,12-14,20H,3-5,8-9,11H2,(H,23,24)/b19-10+. The number of nitrogens with zero attached hydrogens (tertiary/aromatic N) is 3. The van der Waals surface area contributed by atoms with Gasteiger partial charge in [-0.05, 0) is 37.8 Å². The second kappa shape index (κ2) is 6.84. The first-order chi connectivity index (χ1) is 12.2. The predicted octanol–water partition coefficient (Wildman–Crippen LogP) is 2.32. The molecule has 2 aliphatic heterocycles. The van der Waals surface area contributed by atoms with Gasteiger partial charge in [0.05, 0.1) is 11.0 Å². The molecule has 3 heterocycles. The number of aromatic nitrogens is 2. The number of para-hydroxylation sites is 2. The molecule has 0 saturated carbocycles. The van der Waals surface area contributed by atoms with Crippen molar-refractivity contribution in [1.82, 2.24) is 14.9 Å². The highest BCUT2D eigenvalue weighted by Crippen LogP contribution is 2.35. The van der Waals surface area contributed by atoms with Gasteiger partial charge in [-0.25, -0.2) is 9.78 Å². The molecular formula is C18H22N4O3. The minimum atomic E-state index is -1.04. The molecule has 2 N–H and O–H groups in total. The van der Waals surface area contributed by atoms with Gasteiger partial charge in [-0.1, -0.05) is 23.7 Å². The van der Waals surface area contributed by atoms with E-state index in [9.17, 15) is 4.79 Å². The largest absolute Gasteiger partial charge is 0.479 e. The van der Waals surface area contributed by atoms with Crippen molar-refractivity contribution in [3.8, 4) is 0 Å². The number of piperidine rings is 2. The fourth-order valence-corrected chi connectivity index (χ4v) is 4.16. The Morgan fingerprint density at radius 1 is 1.36 bits per heavy atom. The molecule has 0 spiro atoms. The van der Waals surface area contributed by atoms with E-state index in [2.05, 4.69) is 26.1 Å². The smallest absolute Gasteiger partial charge is 0.344 e. The van der Waals surface area contributed by atoms with E-state index in [1.165, 1.54) is 25.5 Å². The van der Waals surface area contributed by atoms with Crippen LogP contribution in [0.3, 0.4) is 0 Å². The first-order valence-electron chi connectivity index (χ1n) is 8.81. The highest BCUT2D eigenvalue weighted by Gasteiger charge is 2.33. The molecule has 25 heavy (non-hydrogen) atoms. The maximum atomic E-state index is 10.6. The molecule has 0 aliphatic carbocycles. The Hall–Kier alpha value is -2.41. The second-order valence-electron chi connectivity index (χ2n) is 6.85. The van der Waals surface area contributed by atoms with E-state index in [-0.39, 0.29) is 0 Å². The van der Waals surface area contributed by atoms with Crippen LogP contribution in [0, 0.1) is 0 Å². The summed E-state index contributed by atoms with van der Waals surface area (Å²) < 4.78 is 2.25. The minimum Gasteiger partial charge on any atom is -0.479 e. The number of benzene rings is 1. The summed E-state index contributed by atoms with van der Waals surface area (Å²) in [7, 11) is 0. The van der Waals surface area contributed by atoms with Crippen LogP contribution >= 0.6 is 0 Å². The molecule has 132 valence electrons. The van der Waals surface area contributed by atoms with Crippen LogP contribution in [0.25, 0.3) is 11.0 Å². The molecule has 2 aliphatic rings. The fourth-order valence-electron chi connectivity index (χ4n) is 4.16. The Bertz CT molecular complexity index is 789. The van der Waals surface area contributed by atoms with Gasteiger partial charge in [-0.2, -0.15) is 0 Å². The lowest BCUT2D eigenvalue weighted by molar-refractivity contribution is -0.142. The summed E-state index contributed by atoms with van der Waals surface area (Å²) in [5.74, 6) is -0.326. The van der Waals surface area contributed by atoms with E-state index < -0.39 is 12.6 Å². The molecule has 2 aromatic rings. The molecule has 2 saturated heterocycles. The van der Waals surface area contributed by atoms with Gasteiger partial charge in [-0.15, -0.1) is 0 Å². The Labute approximate surface area is 145 Å². The number of aliphatic carboxylic acids is 1. The van der Waals surface area contributed by atoms with Gasteiger partial charge in [-0.3, -0.25) is 0 Å². The van der Waals surface area contributed by atoms with Crippen molar-refractivity contribution in [1.29, 1.82) is 0 Å². The summed E-state index contributed by atoms with van der Waals surface area (Å²) in [5.41, 5.74) is 2.01. The molecule has 1 aromatic carbocycles. The van der Waals surface area contributed by atoms with Crippen molar-refractivity contribution in [2.24, 2.45) is 5.16 Å². The number of hydrogen-bond donors (Lipinski definition) is 2. The third-order valence-corrected chi connectivity index (χ3v) is 5.11. The normalized spacial score (nSPS) is 26.2. The van der Waals surface area contributed by atoms with Gasteiger partial charge in [0.2, 0.25) is 6.61 Å². The third kappa shape index (κ3) is 3.37. The van der Waals surface area contributed by atoms with Crippen LogP contribution in [0.2, 0.25) is 0 Å². The van der Waals surface area contributed by atoms with E-state index >= 15 is 0 Å². The van der Waals surface area contributed by atoms with Crippen molar-refractivity contribution in [3.05, 3.63) is 30.1 Å². The molecule has 4 rings (SSSR count). The number of carboxylic acids is 1. The van der Waals surface area contributed by atoms with Gasteiger partial charge in [0.15, 0.2) is 5.82 Å². The lowest BCUT2D eigenvalue weighted by atomic mass is 9.84. The van der Waals surface area contributed by atoms with Crippen LogP contribution < -0.4 is 5.32 Å². The van der Waals surface area contributed by atoms with E-state index in [1.807, 2.05) is 18.2 Å². The summed E-state index contributed by atoms with van der Waals surface area (Å²) in [6.07, 6.45) is 7.44. The zero-order chi connectivity index (χ0) is 17.2. The number of carboxylic acid groups (broad SMARTS) is 1. The molecule has 2 atom stereocenters. The van der Waals surface area contributed by atoms with E-state index in [0.29, 0.717) is 18.1 Å². The quantitative estimate of drug-likeness (QED) is 0.643. The van der Waals surface area contributed by atoms with Gasteiger partial charge >= 0.3 is 5.97 Å². The first-order valence-corrected chi connectivity index (χ1v) is 8.81. The molecular weight excluding hydrogens is 320 g/mol. The van der Waals surface area contributed by atoms with Crippen molar-refractivity contribution in [3.63, 3.8) is 0 Å². The third-order valence-electron chi connectivity index (χ3n) is 5.11. The number of fused-ring (bicyclic) bond motifs is 3. The summed E-state index contributed by atoms with van der Waals surface area (Å²) in [4.78, 5) is 20.0. The average Bonchev–Trinajstić information content (AvgIpc) is 2.96. The number of hydrogen-bond acceptors (Lipinski definition) is 5. The van der Waals surface area contributed by atoms with Gasteiger partial charge in [0.25, 0.3) is 0 Å². The SMILES string of the molecule is O=C(O)CO/N=C/c1nc2ccccc2n1C1CC2CCCC(C1)N2. The highest BCUT2D eigenvalue weighted by atomic mass is 16.6. The van der Waals surface area contributed by atoms with E-state index in [0.717, 1.165) is 29.7 Å². The van der Waals surface area contributed by atoms with E-state index in [1.54, 1.807) is 0 Å². The first kappa shape index (κ1) is 16.1. The average molecular weight is 342 g/mol. The Morgan fingerprint density at radius 2 is 2.12 bits per heavy atom. The van der Waals surface area contributed by atoms with Crippen LogP contribution in [0.4, 0.5) is 0 Å². The zero-order valence-corrected chi connectivity index (χ0v) is 14.0. The maximum absolute atomic E-state index is 10.6. The van der Waals surface area contributed by atoms with Crippen LogP contribution in [-0.4, -0.2) is 45.5 Å². The number of rotatable bonds is 5. The second-order valence-corrected chi connectivity index (χ2v) is 6.85. The topological polar surface area (TPSA) is 88.7 Å². The van der Waals surface area contributed by atoms with Crippen LogP contribution in [0.5, 0.6) is 0 Å². The van der Waals surface area contributed by atoms with Crippen molar-refractivity contribution < 1.29 is 14.7 Å². The summed E-state index contributed by atoms with van der Waals surface area (Å²) in [5, 5.41) is 16.2. The van der Waals surface area contributed by atoms with Gasteiger partial charge in [0.1, 0.15) is 6.21 Å². The molecule has 7 nitrogen and oxygen atoms in total. The summed E-state index contributed by atoms with van der Waals surface area (Å²) in [6.45, 7) is -0.450. The van der Waals surface area contributed by atoms with Crippen LogP contribution in [0.15, 0.2) is 29.4 Å². The molecule has 2 bridgehead atoms. The van der Waals surface area contributed by atoms with E-state index in [4.69, 9.17) is 9.94 Å². The maximum Gasteiger partial charge on any atom is 0.344 e. The highest BCUT2D eigenvalue weighted by molar-refractivity contribution is 5.85.